The third-order valence-electron chi connectivity index (χ3n) is 8.99. The van der Waals surface area contributed by atoms with E-state index in [0.717, 1.165) is 57.8 Å². The van der Waals surface area contributed by atoms with Gasteiger partial charge < -0.3 is 32.8 Å². The topological polar surface area (TPSA) is 83.1 Å². The molecule has 9 nitrogen and oxygen atoms in total. The standard InChI is InChI=1S/C37H78O9Si/c1-13-15-17-19-23-27-31-35(6,32-28-24-20-18-16-14-2)44-47(45-36(38-7,39-8)40-9,46-37(41-10,42-11)43-12)33-29-25-21-22-26-30-34(3,4)5/h13-33H2,1-12H3. The molecule has 0 rings (SSSR count). The lowest BCUT2D eigenvalue weighted by Crippen LogP contribution is -2.63. The molecule has 284 valence electrons. The molecule has 0 atom stereocenters. The van der Waals surface area contributed by atoms with E-state index in [-0.39, 0.29) is 0 Å². The van der Waals surface area contributed by atoms with Crippen molar-refractivity contribution in [1.82, 2.24) is 0 Å². The molecule has 0 unspecified atom stereocenters. The molecule has 47 heavy (non-hydrogen) atoms. The van der Waals surface area contributed by atoms with Gasteiger partial charge in [-0.05, 0) is 38.0 Å². The number of unbranched alkanes of at least 4 members (excludes halogenated alkanes) is 14. The van der Waals surface area contributed by atoms with E-state index >= 15 is 0 Å². The first-order valence-electron chi connectivity index (χ1n) is 18.7. The zero-order chi connectivity index (χ0) is 35.7. The number of hydrogen-bond acceptors (Lipinski definition) is 9. The van der Waals surface area contributed by atoms with Gasteiger partial charge in [-0.25, -0.2) is 0 Å². The van der Waals surface area contributed by atoms with Crippen LogP contribution in [-0.4, -0.2) is 69.4 Å². The van der Waals surface area contributed by atoms with E-state index < -0.39 is 26.7 Å². The maximum absolute atomic E-state index is 7.29. The summed E-state index contributed by atoms with van der Waals surface area (Å²) < 4.78 is 54.7. The van der Waals surface area contributed by atoms with Crippen molar-refractivity contribution >= 4 is 8.80 Å². The molecular formula is C37H78O9Si. The van der Waals surface area contributed by atoms with Gasteiger partial charge in [0.05, 0.1) is 5.60 Å². The Hall–Kier alpha value is -0.143. The molecule has 0 radical (unpaired) electrons. The van der Waals surface area contributed by atoms with Crippen molar-refractivity contribution in [3.63, 3.8) is 0 Å². The lowest BCUT2D eigenvalue weighted by molar-refractivity contribution is -0.488. The molecule has 0 aliphatic rings. The van der Waals surface area contributed by atoms with Gasteiger partial charge in [0.25, 0.3) is 0 Å². The van der Waals surface area contributed by atoms with E-state index in [4.69, 9.17) is 41.7 Å². The largest absolute Gasteiger partial charge is 0.512 e. The van der Waals surface area contributed by atoms with Crippen molar-refractivity contribution in [3.05, 3.63) is 0 Å². The Labute approximate surface area is 292 Å². The van der Waals surface area contributed by atoms with Crippen LogP contribution in [0.2, 0.25) is 6.04 Å². The third kappa shape index (κ3) is 20.3. The number of rotatable bonds is 33. The quantitative estimate of drug-likeness (QED) is 0.0378. The molecule has 0 aromatic carbocycles. The fourth-order valence-corrected chi connectivity index (χ4v) is 9.37. The third-order valence-corrected chi connectivity index (χ3v) is 11.9. The van der Waals surface area contributed by atoms with E-state index in [1.807, 2.05) is 0 Å². The van der Waals surface area contributed by atoms with E-state index in [1.165, 1.54) is 113 Å². The van der Waals surface area contributed by atoms with Crippen LogP contribution in [0, 0.1) is 5.41 Å². The summed E-state index contributed by atoms with van der Waals surface area (Å²) in [5.74, 6) is 0. The van der Waals surface area contributed by atoms with Crippen molar-refractivity contribution in [2.24, 2.45) is 5.41 Å². The maximum Gasteiger partial charge on any atom is 0.512 e. The molecule has 0 aliphatic heterocycles. The first-order valence-corrected chi connectivity index (χ1v) is 20.7. The van der Waals surface area contributed by atoms with E-state index in [9.17, 15) is 0 Å². The minimum absolute atomic E-state index is 0.349. The monoisotopic (exact) mass is 695 g/mol. The summed E-state index contributed by atoms with van der Waals surface area (Å²) in [6.07, 6.45) is 19.0. The van der Waals surface area contributed by atoms with Gasteiger partial charge in [-0.2, -0.15) is 0 Å². The highest BCUT2D eigenvalue weighted by molar-refractivity contribution is 6.61. The first-order chi connectivity index (χ1) is 22.3. The van der Waals surface area contributed by atoms with Crippen LogP contribution in [-0.2, 0) is 41.7 Å². The minimum Gasteiger partial charge on any atom is -0.368 e. The van der Waals surface area contributed by atoms with Crippen LogP contribution in [0.15, 0.2) is 0 Å². The van der Waals surface area contributed by atoms with Crippen LogP contribution >= 0.6 is 0 Å². The van der Waals surface area contributed by atoms with Gasteiger partial charge >= 0.3 is 21.1 Å². The zero-order valence-corrected chi connectivity index (χ0v) is 34.0. The van der Waals surface area contributed by atoms with Gasteiger partial charge in [-0.3, -0.25) is 8.85 Å². The predicted octanol–water partition coefficient (Wildman–Crippen LogP) is 10.7. The zero-order valence-electron chi connectivity index (χ0n) is 33.0. The Morgan fingerprint density at radius 1 is 0.383 bits per heavy atom. The first kappa shape index (κ1) is 46.9. The molecule has 0 N–H and O–H groups in total. The molecule has 0 saturated carbocycles. The van der Waals surface area contributed by atoms with E-state index in [1.54, 1.807) is 0 Å². The van der Waals surface area contributed by atoms with E-state index in [2.05, 4.69) is 41.5 Å². The van der Waals surface area contributed by atoms with Crippen LogP contribution < -0.4 is 0 Å². The van der Waals surface area contributed by atoms with Gasteiger partial charge in [-0.1, -0.05) is 137 Å². The molecule has 0 heterocycles. The van der Waals surface area contributed by atoms with Gasteiger partial charge in [0, 0.05) is 48.7 Å². The molecule has 10 heteroatoms. The average molecular weight is 695 g/mol. The number of ether oxygens (including phenoxy) is 6. The van der Waals surface area contributed by atoms with Gasteiger partial charge in [0.1, 0.15) is 0 Å². The van der Waals surface area contributed by atoms with Crippen molar-refractivity contribution in [2.75, 3.05) is 42.7 Å². The smallest absolute Gasteiger partial charge is 0.368 e. The molecule has 0 bridgehead atoms. The molecule has 0 aromatic rings. The predicted molar refractivity (Wildman–Crippen MR) is 193 cm³/mol. The second-order valence-corrected chi connectivity index (χ2v) is 17.0. The Bertz CT molecular complexity index is 669. The summed E-state index contributed by atoms with van der Waals surface area (Å²) in [6.45, 7) is 13.6. The van der Waals surface area contributed by atoms with Gasteiger partial charge in [0.15, 0.2) is 0 Å². The maximum atomic E-state index is 7.29. The highest BCUT2D eigenvalue weighted by Gasteiger charge is 2.58. The summed E-state index contributed by atoms with van der Waals surface area (Å²) in [5, 5.41) is 0. The molecule has 0 saturated heterocycles. The molecule has 0 aliphatic carbocycles. The Balaban J connectivity index is 6.45. The lowest BCUT2D eigenvalue weighted by Gasteiger charge is -2.45. The lowest BCUT2D eigenvalue weighted by atomic mass is 9.89. The Kier molecular flexibility index (Phi) is 25.7. The van der Waals surface area contributed by atoms with Crippen molar-refractivity contribution in [3.8, 4) is 0 Å². The summed E-state index contributed by atoms with van der Waals surface area (Å²) >= 11 is 0. The molecular weight excluding hydrogens is 616 g/mol. The molecule has 0 fully saturated rings. The Morgan fingerprint density at radius 2 is 0.702 bits per heavy atom. The van der Waals surface area contributed by atoms with Crippen LogP contribution in [0.25, 0.3) is 0 Å². The number of methoxy groups -OCH3 is 6. The summed E-state index contributed by atoms with van der Waals surface area (Å²) in [6, 6.07) is 0.477. The fraction of sp³-hybridized carbons (Fsp3) is 1.00. The van der Waals surface area contributed by atoms with Crippen LogP contribution in [0.1, 0.15) is 170 Å². The second-order valence-electron chi connectivity index (χ2n) is 14.5. The number of hydrogen-bond donors (Lipinski definition) is 0. The highest BCUT2D eigenvalue weighted by atomic mass is 28.4. The van der Waals surface area contributed by atoms with Crippen molar-refractivity contribution < 1.29 is 41.7 Å². The second kappa shape index (κ2) is 25.8. The minimum atomic E-state index is -3.84. The van der Waals surface area contributed by atoms with Crippen molar-refractivity contribution in [1.29, 1.82) is 0 Å². The Morgan fingerprint density at radius 3 is 1.04 bits per heavy atom. The molecule has 0 aromatic heterocycles. The average Bonchev–Trinajstić information content (AvgIpc) is 3.05. The van der Waals surface area contributed by atoms with E-state index in [0.29, 0.717) is 11.5 Å². The summed E-state index contributed by atoms with van der Waals surface area (Å²) in [4.78, 5) is 0. The fourth-order valence-electron chi connectivity index (χ4n) is 6.03. The van der Waals surface area contributed by atoms with Gasteiger partial charge in [-0.15, -0.1) is 0 Å². The summed E-state index contributed by atoms with van der Waals surface area (Å²) in [7, 11) is 5.02. The van der Waals surface area contributed by atoms with Crippen LogP contribution in [0.3, 0.4) is 0 Å². The van der Waals surface area contributed by atoms with Crippen LogP contribution in [0.5, 0.6) is 0 Å². The van der Waals surface area contributed by atoms with Crippen molar-refractivity contribution in [2.45, 2.75) is 194 Å². The normalized spacial score (nSPS) is 13.5. The summed E-state index contributed by atoms with van der Waals surface area (Å²) in [5.41, 5.74) is -0.183. The van der Waals surface area contributed by atoms with Gasteiger partial charge in [0.2, 0.25) is 0 Å². The molecule has 0 spiro atoms. The molecule has 0 amide bonds. The SMILES string of the molecule is CCCCCCCCC(C)(CCCCCCCC)O[Si](CCCCCCCC(C)(C)C)(OC(OC)(OC)OC)OC(OC)(OC)OC. The highest BCUT2D eigenvalue weighted by Crippen LogP contribution is 2.39. The van der Waals surface area contributed by atoms with Crippen LogP contribution in [0.4, 0.5) is 0 Å².